The highest BCUT2D eigenvalue weighted by Crippen LogP contribution is 2.20. The summed E-state index contributed by atoms with van der Waals surface area (Å²) in [7, 11) is 0. The number of aryl methyl sites for hydroxylation is 1. The van der Waals surface area contributed by atoms with Gasteiger partial charge in [0.05, 0.1) is 12.4 Å². The van der Waals surface area contributed by atoms with Gasteiger partial charge in [-0.25, -0.2) is 4.98 Å². The quantitative estimate of drug-likeness (QED) is 0.883. The van der Waals surface area contributed by atoms with Gasteiger partial charge in [0.1, 0.15) is 5.15 Å². The van der Waals surface area contributed by atoms with Crippen LogP contribution in [0, 0.1) is 0 Å². The van der Waals surface area contributed by atoms with Crippen LogP contribution in [0.5, 0.6) is 0 Å². The molecule has 0 fully saturated rings. The normalized spacial score (nSPS) is 10.1. The first kappa shape index (κ1) is 10.9. The number of nitrogens with one attached hydrogen (secondary N) is 1. The Hall–Kier alpha value is -1.61. The van der Waals surface area contributed by atoms with Crippen molar-refractivity contribution in [2.45, 2.75) is 13.3 Å². The zero-order valence-electron chi connectivity index (χ0n) is 8.94. The summed E-state index contributed by atoms with van der Waals surface area (Å²) < 4.78 is 0. The van der Waals surface area contributed by atoms with Crippen LogP contribution in [0.3, 0.4) is 0 Å². The predicted octanol–water partition coefficient (Wildman–Crippen LogP) is 3.44. The second-order valence-corrected chi connectivity index (χ2v) is 3.75. The molecule has 0 aliphatic rings. The molecule has 0 spiro atoms. The number of hydrogen-bond acceptors (Lipinski definition) is 3. The number of rotatable bonds is 3. The van der Waals surface area contributed by atoms with Crippen molar-refractivity contribution in [2.75, 3.05) is 5.32 Å². The van der Waals surface area contributed by atoms with Gasteiger partial charge in [0, 0.05) is 5.69 Å². The predicted molar refractivity (Wildman–Crippen MR) is 66.1 cm³/mol. The first-order valence-corrected chi connectivity index (χ1v) is 5.50. The molecule has 0 aliphatic heterocycles. The molecule has 0 saturated carbocycles. The van der Waals surface area contributed by atoms with Gasteiger partial charge < -0.3 is 5.32 Å². The summed E-state index contributed by atoms with van der Waals surface area (Å²) >= 11 is 5.77. The van der Waals surface area contributed by atoms with Crippen LogP contribution in [0.2, 0.25) is 5.15 Å². The van der Waals surface area contributed by atoms with Crippen molar-refractivity contribution < 1.29 is 0 Å². The Morgan fingerprint density at radius 1 is 1.25 bits per heavy atom. The van der Waals surface area contributed by atoms with Crippen molar-refractivity contribution in [3.05, 3.63) is 47.4 Å². The molecule has 4 heteroatoms. The van der Waals surface area contributed by atoms with E-state index in [-0.39, 0.29) is 0 Å². The fourth-order valence-corrected chi connectivity index (χ4v) is 1.64. The lowest BCUT2D eigenvalue weighted by Gasteiger charge is -2.09. The molecule has 82 valence electrons. The molecule has 3 nitrogen and oxygen atoms in total. The lowest BCUT2D eigenvalue weighted by atomic mass is 10.1. The largest absolute Gasteiger partial charge is 0.339 e. The van der Waals surface area contributed by atoms with Crippen LogP contribution in [0.4, 0.5) is 11.5 Å². The molecule has 0 saturated heterocycles. The van der Waals surface area contributed by atoms with E-state index in [1.165, 1.54) is 11.8 Å². The van der Waals surface area contributed by atoms with Gasteiger partial charge in [-0.15, -0.1) is 0 Å². The van der Waals surface area contributed by atoms with Crippen LogP contribution in [0.15, 0.2) is 36.7 Å². The van der Waals surface area contributed by atoms with E-state index >= 15 is 0 Å². The smallest absolute Gasteiger partial charge is 0.150 e. The Morgan fingerprint density at radius 3 is 2.81 bits per heavy atom. The minimum absolute atomic E-state index is 0.388. The molecule has 1 aromatic carbocycles. The van der Waals surface area contributed by atoms with Crippen LogP contribution >= 0.6 is 11.6 Å². The fraction of sp³-hybridized carbons (Fsp3) is 0.167. The highest BCUT2D eigenvalue weighted by molar-refractivity contribution is 6.29. The molecule has 0 bridgehead atoms. The zero-order chi connectivity index (χ0) is 11.4. The molecule has 1 heterocycles. The summed E-state index contributed by atoms with van der Waals surface area (Å²) in [5.74, 6) is 0.661. The van der Waals surface area contributed by atoms with Gasteiger partial charge in [-0.05, 0) is 18.1 Å². The average molecular weight is 234 g/mol. The third-order valence-corrected chi connectivity index (χ3v) is 2.45. The summed E-state index contributed by atoms with van der Waals surface area (Å²) in [5, 5.41) is 3.59. The molecule has 0 aliphatic carbocycles. The second kappa shape index (κ2) is 4.94. The molecule has 0 amide bonds. The highest BCUT2D eigenvalue weighted by atomic mass is 35.5. The van der Waals surface area contributed by atoms with Crippen molar-refractivity contribution in [1.29, 1.82) is 0 Å². The maximum absolute atomic E-state index is 5.77. The molecule has 1 N–H and O–H groups in total. The minimum Gasteiger partial charge on any atom is -0.339 e. The minimum atomic E-state index is 0.388. The average Bonchev–Trinajstić information content (AvgIpc) is 2.30. The van der Waals surface area contributed by atoms with E-state index in [1.807, 2.05) is 18.2 Å². The SMILES string of the molecule is CCc1ccccc1Nc1cncc(Cl)n1. The van der Waals surface area contributed by atoms with Gasteiger partial charge in [0.2, 0.25) is 0 Å². The third-order valence-electron chi connectivity index (χ3n) is 2.27. The van der Waals surface area contributed by atoms with E-state index in [9.17, 15) is 0 Å². The number of aromatic nitrogens is 2. The number of benzene rings is 1. The van der Waals surface area contributed by atoms with Crippen molar-refractivity contribution >= 4 is 23.1 Å². The Labute approximate surface area is 99.5 Å². The van der Waals surface area contributed by atoms with E-state index in [0.717, 1.165) is 12.1 Å². The zero-order valence-corrected chi connectivity index (χ0v) is 9.70. The van der Waals surface area contributed by atoms with Crippen molar-refractivity contribution in [1.82, 2.24) is 9.97 Å². The number of para-hydroxylation sites is 1. The van der Waals surface area contributed by atoms with Crippen LogP contribution in [-0.4, -0.2) is 9.97 Å². The van der Waals surface area contributed by atoms with Gasteiger partial charge in [-0.2, -0.15) is 0 Å². The van der Waals surface area contributed by atoms with E-state index in [0.29, 0.717) is 11.0 Å². The third kappa shape index (κ3) is 2.49. The molecule has 0 radical (unpaired) electrons. The number of nitrogens with zero attached hydrogens (tertiary/aromatic N) is 2. The molecular weight excluding hydrogens is 222 g/mol. The first-order chi connectivity index (χ1) is 7.79. The van der Waals surface area contributed by atoms with Crippen LogP contribution < -0.4 is 5.32 Å². The second-order valence-electron chi connectivity index (χ2n) is 3.36. The van der Waals surface area contributed by atoms with Crippen LogP contribution in [0.1, 0.15) is 12.5 Å². The fourth-order valence-electron chi connectivity index (χ4n) is 1.49. The van der Waals surface area contributed by atoms with Crippen molar-refractivity contribution in [2.24, 2.45) is 0 Å². The molecule has 2 aromatic rings. The maximum atomic E-state index is 5.77. The number of anilines is 2. The maximum Gasteiger partial charge on any atom is 0.150 e. The number of halogens is 1. The van der Waals surface area contributed by atoms with Crippen LogP contribution in [0.25, 0.3) is 0 Å². The first-order valence-electron chi connectivity index (χ1n) is 5.12. The Balaban J connectivity index is 2.26. The van der Waals surface area contributed by atoms with Gasteiger partial charge in [0.15, 0.2) is 5.82 Å². The van der Waals surface area contributed by atoms with Gasteiger partial charge in [0.25, 0.3) is 0 Å². The lowest BCUT2D eigenvalue weighted by Crippen LogP contribution is -1.97. The molecule has 1 aromatic heterocycles. The highest BCUT2D eigenvalue weighted by Gasteiger charge is 2.01. The molecule has 2 rings (SSSR count). The molecular formula is C12H12ClN3. The topological polar surface area (TPSA) is 37.8 Å². The standard InChI is InChI=1S/C12H12ClN3/c1-2-9-5-3-4-6-10(9)15-12-8-14-7-11(13)16-12/h3-8H,2H2,1H3,(H,15,16). The molecule has 0 unspecified atom stereocenters. The lowest BCUT2D eigenvalue weighted by molar-refractivity contribution is 1.13. The van der Waals surface area contributed by atoms with E-state index in [2.05, 4.69) is 28.3 Å². The Bertz CT molecular complexity index is 485. The van der Waals surface area contributed by atoms with Gasteiger partial charge >= 0.3 is 0 Å². The number of hydrogen-bond donors (Lipinski definition) is 1. The van der Waals surface area contributed by atoms with E-state index in [1.54, 1.807) is 6.20 Å². The summed E-state index contributed by atoms with van der Waals surface area (Å²) in [6.45, 7) is 2.12. The van der Waals surface area contributed by atoms with Crippen molar-refractivity contribution in [3.63, 3.8) is 0 Å². The molecule has 16 heavy (non-hydrogen) atoms. The van der Waals surface area contributed by atoms with E-state index < -0.39 is 0 Å². The van der Waals surface area contributed by atoms with Crippen molar-refractivity contribution in [3.8, 4) is 0 Å². The van der Waals surface area contributed by atoms with Gasteiger partial charge in [-0.3, -0.25) is 4.98 Å². The Kier molecular flexibility index (Phi) is 3.37. The van der Waals surface area contributed by atoms with Gasteiger partial charge in [-0.1, -0.05) is 36.7 Å². The summed E-state index contributed by atoms with van der Waals surface area (Å²) in [5.41, 5.74) is 2.28. The van der Waals surface area contributed by atoms with Crippen LogP contribution in [-0.2, 0) is 6.42 Å². The Morgan fingerprint density at radius 2 is 2.06 bits per heavy atom. The summed E-state index contributed by atoms with van der Waals surface area (Å²) in [6.07, 6.45) is 4.13. The summed E-state index contributed by atoms with van der Waals surface area (Å²) in [4.78, 5) is 8.11. The molecule has 0 atom stereocenters. The van der Waals surface area contributed by atoms with E-state index in [4.69, 9.17) is 11.6 Å². The monoisotopic (exact) mass is 233 g/mol. The summed E-state index contributed by atoms with van der Waals surface area (Å²) in [6, 6.07) is 8.11.